The van der Waals surface area contributed by atoms with E-state index in [-0.39, 0.29) is 21.7 Å². The fraction of sp³-hybridized carbons (Fsp3) is 0.263. The largest absolute Gasteiger partial charge is 0.456 e. The average Bonchev–Trinajstić information content (AvgIpc) is 3.84. The van der Waals surface area contributed by atoms with Gasteiger partial charge in [0, 0.05) is 61.2 Å². The normalized spacial score (nSPS) is 16.7. The van der Waals surface area contributed by atoms with Gasteiger partial charge in [-0.1, -0.05) is 141 Å². The average molecular weight is 792 g/mol. The molecule has 2 aromatic heterocycles. The molecule has 299 valence electrons. The Kier molecular flexibility index (Phi) is 7.30. The van der Waals surface area contributed by atoms with Crippen LogP contribution in [-0.2, 0) is 21.7 Å². The molecule has 4 heteroatoms. The van der Waals surface area contributed by atoms with Crippen molar-refractivity contribution in [2.75, 3.05) is 5.32 Å². The fourth-order valence-electron chi connectivity index (χ4n) is 11.3. The summed E-state index contributed by atoms with van der Waals surface area (Å²) in [5, 5.41) is 8.85. The number of nitrogens with one attached hydrogen (secondary N) is 1. The maximum absolute atomic E-state index is 6.59. The molecule has 0 amide bonds. The number of furan rings is 1. The van der Waals surface area contributed by atoms with Crippen molar-refractivity contribution in [2.45, 2.75) is 96.8 Å². The summed E-state index contributed by atoms with van der Waals surface area (Å²) in [4.78, 5) is 0. The third-order valence-corrected chi connectivity index (χ3v) is 15.0. The zero-order chi connectivity index (χ0) is 42.0. The Hall–Kier alpha value is -6.00. The van der Waals surface area contributed by atoms with E-state index >= 15 is 0 Å². The van der Waals surface area contributed by atoms with Crippen LogP contribution in [-0.4, -0.2) is 11.8 Å². The van der Waals surface area contributed by atoms with Gasteiger partial charge in [-0.15, -0.1) is 0 Å². The third-order valence-electron chi connectivity index (χ3n) is 15.0. The molecule has 0 spiro atoms. The second kappa shape index (κ2) is 12.1. The molecule has 0 bridgehead atoms. The SMILES string of the molecule is CC(C)(C)c1ccc(Nc2cc3c(cc2-c2ccc4c5cc6c(cc5n5c4c2[B]c2cc4c(cc2-5)oc2ccccc24)C(C)(C)c2ccccc2-6)C(C)(C)CCC3(C)C)cc1. The lowest BCUT2D eigenvalue weighted by Gasteiger charge is -2.42. The van der Waals surface area contributed by atoms with Crippen LogP contribution < -0.4 is 16.2 Å². The highest BCUT2D eigenvalue weighted by Crippen LogP contribution is 2.53. The Morgan fingerprint density at radius 3 is 2.07 bits per heavy atom. The van der Waals surface area contributed by atoms with E-state index in [0.717, 1.165) is 51.8 Å². The summed E-state index contributed by atoms with van der Waals surface area (Å²) in [6, 6.07) is 46.0. The maximum atomic E-state index is 6.59. The molecular weight excluding hydrogens is 739 g/mol. The Morgan fingerprint density at radius 1 is 0.574 bits per heavy atom. The molecule has 12 rings (SSSR count). The van der Waals surface area contributed by atoms with Crippen molar-refractivity contribution < 1.29 is 4.42 Å². The minimum Gasteiger partial charge on any atom is -0.456 e. The van der Waals surface area contributed by atoms with Gasteiger partial charge >= 0.3 is 0 Å². The topological polar surface area (TPSA) is 30.1 Å². The van der Waals surface area contributed by atoms with Crippen molar-refractivity contribution in [1.82, 2.24) is 4.57 Å². The van der Waals surface area contributed by atoms with Gasteiger partial charge in [-0.3, -0.25) is 0 Å². The molecule has 2 aliphatic carbocycles. The van der Waals surface area contributed by atoms with E-state index < -0.39 is 0 Å². The van der Waals surface area contributed by atoms with E-state index in [1.165, 1.54) is 82.8 Å². The Bertz CT molecular complexity index is 3360. The monoisotopic (exact) mass is 791 g/mol. The number of nitrogens with zero attached hydrogens (tertiary/aromatic N) is 1. The summed E-state index contributed by atoms with van der Waals surface area (Å²) >= 11 is 0. The van der Waals surface area contributed by atoms with Gasteiger partial charge in [0.25, 0.3) is 0 Å². The number of hydrogen-bond donors (Lipinski definition) is 1. The highest BCUT2D eigenvalue weighted by Gasteiger charge is 2.40. The fourth-order valence-corrected chi connectivity index (χ4v) is 11.3. The van der Waals surface area contributed by atoms with Crippen molar-refractivity contribution in [2.24, 2.45) is 0 Å². The molecule has 1 N–H and O–H groups in total. The van der Waals surface area contributed by atoms with E-state index in [0.29, 0.717) is 0 Å². The zero-order valence-electron chi connectivity index (χ0n) is 36.9. The zero-order valence-corrected chi connectivity index (χ0v) is 36.9. The first-order chi connectivity index (χ1) is 29.1. The van der Waals surface area contributed by atoms with Crippen molar-refractivity contribution in [1.29, 1.82) is 0 Å². The van der Waals surface area contributed by atoms with Crippen molar-refractivity contribution in [3.05, 3.63) is 149 Å². The standard InChI is InChI=1S/C57H52BN2O/c1-54(2,3)32-18-20-33(21-19-32)59-47-29-45-44(55(4,5)24-25-56(45,6)7)27-39(47)36-22-23-37-40-26-38-34-14-10-12-16-42(34)57(8,9)43(38)30-48(40)60-49-31-51-41(28-46(49)58-52(36)53(37)60)35-15-11-13-17-50(35)61-51/h10-23,26-31,59H,24-25H2,1-9H3. The van der Waals surface area contributed by atoms with Gasteiger partial charge in [0.05, 0.1) is 5.52 Å². The number of hydrogen-bond acceptors (Lipinski definition) is 2. The molecule has 3 nitrogen and oxygen atoms in total. The number of anilines is 2. The van der Waals surface area contributed by atoms with Crippen LogP contribution in [0.1, 0.15) is 103 Å². The van der Waals surface area contributed by atoms with Crippen LogP contribution in [0.4, 0.5) is 11.4 Å². The van der Waals surface area contributed by atoms with Gasteiger partial charge in [0.2, 0.25) is 0 Å². The molecule has 3 heterocycles. The predicted octanol–water partition coefficient (Wildman–Crippen LogP) is 14.0. The first-order valence-corrected chi connectivity index (χ1v) is 22.2. The van der Waals surface area contributed by atoms with Gasteiger partial charge in [0.15, 0.2) is 7.28 Å². The highest BCUT2D eigenvalue weighted by atomic mass is 16.3. The van der Waals surface area contributed by atoms with Crippen molar-refractivity contribution in [3.63, 3.8) is 0 Å². The summed E-state index contributed by atoms with van der Waals surface area (Å²) in [5.41, 5.74) is 22.5. The summed E-state index contributed by atoms with van der Waals surface area (Å²) in [6.45, 7) is 21.4. The lowest BCUT2D eigenvalue weighted by atomic mass is 9.58. The molecule has 1 aliphatic heterocycles. The van der Waals surface area contributed by atoms with E-state index in [1.807, 2.05) is 0 Å². The Morgan fingerprint density at radius 2 is 1.30 bits per heavy atom. The van der Waals surface area contributed by atoms with Gasteiger partial charge in [-0.2, -0.15) is 0 Å². The van der Waals surface area contributed by atoms with Gasteiger partial charge in [-0.25, -0.2) is 0 Å². The molecule has 0 atom stereocenters. The molecule has 61 heavy (non-hydrogen) atoms. The number of aromatic nitrogens is 1. The molecule has 0 saturated carbocycles. The molecule has 0 unspecified atom stereocenters. The summed E-state index contributed by atoms with van der Waals surface area (Å²) < 4.78 is 9.15. The minimum atomic E-state index is -0.119. The number of benzene rings is 7. The van der Waals surface area contributed by atoms with Crippen LogP contribution in [0.3, 0.4) is 0 Å². The van der Waals surface area contributed by atoms with E-state index in [1.54, 1.807) is 0 Å². The van der Waals surface area contributed by atoms with Crippen molar-refractivity contribution in [3.8, 4) is 27.9 Å². The van der Waals surface area contributed by atoms with Crippen molar-refractivity contribution >= 4 is 73.3 Å². The Labute approximate surface area is 360 Å². The van der Waals surface area contributed by atoms with Crippen LogP contribution in [0.2, 0.25) is 0 Å². The highest BCUT2D eigenvalue weighted by molar-refractivity contribution is 6.73. The minimum absolute atomic E-state index is 0.0522. The quantitative estimate of drug-likeness (QED) is 0.181. The molecule has 9 aromatic rings. The van der Waals surface area contributed by atoms with E-state index in [9.17, 15) is 0 Å². The number of para-hydroxylation sites is 1. The molecule has 1 radical (unpaired) electrons. The third kappa shape index (κ3) is 5.17. The number of rotatable bonds is 3. The molecule has 3 aliphatic rings. The summed E-state index contributed by atoms with van der Waals surface area (Å²) in [5.74, 6) is 0. The second-order valence-electron chi connectivity index (χ2n) is 21.2. The summed E-state index contributed by atoms with van der Waals surface area (Å²) in [7, 11) is 2.47. The molecule has 7 aromatic carbocycles. The van der Waals surface area contributed by atoms with Crippen LogP contribution >= 0.6 is 0 Å². The maximum Gasteiger partial charge on any atom is 0.197 e. The molecular formula is C57H52BN2O. The smallest absolute Gasteiger partial charge is 0.197 e. The Balaban J connectivity index is 1.16. The van der Waals surface area contributed by atoms with Crippen LogP contribution in [0.15, 0.2) is 126 Å². The number of fused-ring (bicyclic) bond motifs is 12. The van der Waals surface area contributed by atoms with Crippen LogP contribution in [0.25, 0.3) is 71.7 Å². The second-order valence-corrected chi connectivity index (χ2v) is 21.2. The van der Waals surface area contributed by atoms with Gasteiger partial charge in [-0.05, 0) is 122 Å². The first kappa shape index (κ1) is 36.8. The van der Waals surface area contributed by atoms with Crippen LogP contribution in [0, 0.1) is 0 Å². The predicted molar refractivity (Wildman–Crippen MR) is 260 cm³/mol. The van der Waals surface area contributed by atoms with Gasteiger partial charge < -0.3 is 14.3 Å². The summed E-state index contributed by atoms with van der Waals surface area (Å²) in [6.07, 6.45) is 2.32. The molecule has 0 fully saturated rings. The first-order valence-electron chi connectivity index (χ1n) is 22.2. The van der Waals surface area contributed by atoms with E-state index in [2.05, 4.69) is 201 Å². The van der Waals surface area contributed by atoms with E-state index in [4.69, 9.17) is 4.42 Å². The van der Waals surface area contributed by atoms with Crippen LogP contribution in [0.5, 0.6) is 0 Å². The lowest BCUT2D eigenvalue weighted by molar-refractivity contribution is 0.332. The molecule has 0 saturated heterocycles. The van der Waals surface area contributed by atoms with Gasteiger partial charge in [0.1, 0.15) is 11.2 Å². The lowest BCUT2D eigenvalue weighted by Crippen LogP contribution is -2.37.